The van der Waals surface area contributed by atoms with E-state index in [-0.39, 0.29) is 11.3 Å². The van der Waals surface area contributed by atoms with Crippen LogP contribution in [0.2, 0.25) is 0 Å². The van der Waals surface area contributed by atoms with Crippen LogP contribution in [0.1, 0.15) is 31.2 Å². The predicted molar refractivity (Wildman–Crippen MR) is 93.4 cm³/mol. The van der Waals surface area contributed by atoms with Crippen molar-refractivity contribution in [2.24, 2.45) is 0 Å². The summed E-state index contributed by atoms with van der Waals surface area (Å²) >= 11 is 0. The summed E-state index contributed by atoms with van der Waals surface area (Å²) in [6, 6.07) is 8.00. The van der Waals surface area contributed by atoms with E-state index in [0.29, 0.717) is 6.54 Å². The third-order valence-corrected chi connectivity index (χ3v) is 5.35. The summed E-state index contributed by atoms with van der Waals surface area (Å²) in [5.41, 5.74) is 0.752. The molecular formula is C19H28N2O3. The second-order valence-corrected chi connectivity index (χ2v) is 6.73. The maximum atomic E-state index is 13.0. The molecule has 0 unspecified atom stereocenters. The van der Waals surface area contributed by atoms with E-state index in [9.17, 15) is 4.79 Å². The highest BCUT2D eigenvalue weighted by Crippen LogP contribution is 2.41. The maximum Gasteiger partial charge on any atom is 0.230 e. The van der Waals surface area contributed by atoms with E-state index >= 15 is 0 Å². The van der Waals surface area contributed by atoms with E-state index < -0.39 is 0 Å². The number of nitrogens with one attached hydrogen (secondary N) is 1. The minimum absolute atomic E-state index is 0.179. The highest BCUT2D eigenvalue weighted by molar-refractivity contribution is 5.88. The first-order valence-corrected chi connectivity index (χ1v) is 8.97. The Hall–Kier alpha value is -1.59. The molecular weight excluding hydrogens is 304 g/mol. The molecule has 1 heterocycles. The first-order valence-electron chi connectivity index (χ1n) is 8.97. The second kappa shape index (κ2) is 7.99. The van der Waals surface area contributed by atoms with Gasteiger partial charge in [-0.3, -0.25) is 9.69 Å². The van der Waals surface area contributed by atoms with Gasteiger partial charge in [0.1, 0.15) is 5.75 Å². The molecule has 1 aromatic carbocycles. The number of hydrogen-bond acceptors (Lipinski definition) is 4. The van der Waals surface area contributed by atoms with Crippen molar-refractivity contribution in [1.82, 2.24) is 10.2 Å². The quantitative estimate of drug-likeness (QED) is 0.865. The minimum atomic E-state index is -0.364. The zero-order valence-corrected chi connectivity index (χ0v) is 14.6. The summed E-state index contributed by atoms with van der Waals surface area (Å²) in [5.74, 6) is 1.01. The van der Waals surface area contributed by atoms with Crippen LogP contribution in [0.5, 0.6) is 5.75 Å². The first-order chi connectivity index (χ1) is 11.7. The molecule has 0 bridgehead atoms. The van der Waals surface area contributed by atoms with E-state index in [2.05, 4.69) is 10.2 Å². The molecule has 1 aliphatic heterocycles. The summed E-state index contributed by atoms with van der Waals surface area (Å²) in [7, 11) is 1.67. The number of morpholine rings is 1. The molecule has 0 radical (unpaired) electrons. The van der Waals surface area contributed by atoms with Crippen molar-refractivity contribution in [1.29, 1.82) is 0 Å². The first kappa shape index (κ1) is 17.2. The summed E-state index contributed by atoms with van der Waals surface area (Å²) in [4.78, 5) is 15.3. The lowest BCUT2D eigenvalue weighted by atomic mass is 9.78. The van der Waals surface area contributed by atoms with Crippen LogP contribution in [-0.2, 0) is 14.9 Å². The molecule has 5 heteroatoms. The molecule has 24 heavy (non-hydrogen) atoms. The van der Waals surface area contributed by atoms with Crippen molar-refractivity contribution in [2.45, 2.75) is 31.1 Å². The number of nitrogens with zero attached hydrogens (tertiary/aromatic N) is 1. The number of carbonyl (C=O) groups is 1. The second-order valence-electron chi connectivity index (χ2n) is 6.73. The van der Waals surface area contributed by atoms with E-state index in [1.807, 2.05) is 24.3 Å². The normalized spacial score (nSPS) is 20.7. The molecule has 2 fully saturated rings. The van der Waals surface area contributed by atoms with Gasteiger partial charge in [0.05, 0.1) is 25.7 Å². The van der Waals surface area contributed by atoms with Crippen molar-refractivity contribution in [3.05, 3.63) is 29.8 Å². The Morgan fingerprint density at radius 3 is 2.50 bits per heavy atom. The predicted octanol–water partition coefficient (Wildman–Crippen LogP) is 1.96. The fourth-order valence-electron chi connectivity index (χ4n) is 3.86. The number of carbonyl (C=O) groups excluding carboxylic acids is 1. The number of rotatable bonds is 6. The highest BCUT2D eigenvalue weighted by atomic mass is 16.5. The lowest BCUT2D eigenvalue weighted by Crippen LogP contribution is -2.46. The van der Waals surface area contributed by atoms with Crippen LogP contribution in [0.25, 0.3) is 0 Å². The molecule has 5 nitrogen and oxygen atoms in total. The van der Waals surface area contributed by atoms with Crippen molar-refractivity contribution < 1.29 is 14.3 Å². The molecule has 1 aromatic rings. The van der Waals surface area contributed by atoms with Gasteiger partial charge in [-0.15, -0.1) is 0 Å². The van der Waals surface area contributed by atoms with Gasteiger partial charge in [-0.25, -0.2) is 0 Å². The van der Waals surface area contributed by atoms with Crippen molar-refractivity contribution in [3.8, 4) is 5.75 Å². The zero-order chi connectivity index (χ0) is 16.8. The monoisotopic (exact) mass is 332 g/mol. The smallest absolute Gasteiger partial charge is 0.230 e. The van der Waals surface area contributed by atoms with Gasteiger partial charge in [-0.2, -0.15) is 0 Å². The summed E-state index contributed by atoms with van der Waals surface area (Å²) in [5, 5.41) is 3.19. The molecule has 1 amide bonds. The van der Waals surface area contributed by atoms with Crippen molar-refractivity contribution in [3.63, 3.8) is 0 Å². The largest absolute Gasteiger partial charge is 0.497 e. The minimum Gasteiger partial charge on any atom is -0.497 e. The Balaban J connectivity index is 1.62. The zero-order valence-electron chi connectivity index (χ0n) is 14.6. The molecule has 1 aliphatic carbocycles. The number of methoxy groups -OCH3 is 1. The lowest BCUT2D eigenvalue weighted by molar-refractivity contribution is -0.126. The van der Waals surface area contributed by atoms with E-state index in [1.54, 1.807) is 7.11 Å². The van der Waals surface area contributed by atoms with Gasteiger partial charge in [0.15, 0.2) is 0 Å². The Labute approximate surface area is 144 Å². The molecule has 0 aromatic heterocycles. The molecule has 132 valence electrons. The van der Waals surface area contributed by atoms with Crippen LogP contribution in [0.15, 0.2) is 24.3 Å². The Kier molecular flexibility index (Phi) is 5.74. The fourth-order valence-corrected chi connectivity index (χ4v) is 3.86. The van der Waals surface area contributed by atoms with Crippen LogP contribution in [0, 0.1) is 0 Å². The summed E-state index contributed by atoms with van der Waals surface area (Å²) in [6.07, 6.45) is 4.09. The average molecular weight is 332 g/mol. The van der Waals surface area contributed by atoms with E-state index in [1.165, 1.54) is 0 Å². The van der Waals surface area contributed by atoms with Gasteiger partial charge in [0, 0.05) is 26.2 Å². The molecule has 2 aliphatic rings. The van der Waals surface area contributed by atoms with Crippen LogP contribution in [0.4, 0.5) is 0 Å². The molecule has 1 saturated carbocycles. The molecule has 0 spiro atoms. The molecule has 1 N–H and O–H groups in total. The van der Waals surface area contributed by atoms with Crippen LogP contribution < -0.4 is 10.1 Å². The van der Waals surface area contributed by atoms with Gasteiger partial charge in [-0.05, 0) is 30.5 Å². The van der Waals surface area contributed by atoms with Crippen LogP contribution in [-0.4, -0.2) is 57.3 Å². The number of benzene rings is 1. The topological polar surface area (TPSA) is 50.8 Å². The molecule has 0 atom stereocenters. The fraction of sp³-hybridized carbons (Fsp3) is 0.632. The molecule has 1 saturated heterocycles. The summed E-state index contributed by atoms with van der Waals surface area (Å²) < 4.78 is 10.6. The van der Waals surface area contributed by atoms with Crippen molar-refractivity contribution >= 4 is 5.91 Å². The third-order valence-electron chi connectivity index (χ3n) is 5.35. The van der Waals surface area contributed by atoms with Gasteiger partial charge in [-0.1, -0.05) is 25.0 Å². The van der Waals surface area contributed by atoms with Gasteiger partial charge in [0.25, 0.3) is 0 Å². The Morgan fingerprint density at radius 2 is 1.88 bits per heavy atom. The number of hydrogen-bond donors (Lipinski definition) is 1. The van der Waals surface area contributed by atoms with Gasteiger partial charge >= 0.3 is 0 Å². The number of ether oxygens (including phenoxy) is 2. The van der Waals surface area contributed by atoms with Crippen LogP contribution in [0.3, 0.4) is 0 Å². The van der Waals surface area contributed by atoms with E-state index in [0.717, 1.165) is 69.8 Å². The number of amides is 1. The third kappa shape index (κ3) is 3.73. The van der Waals surface area contributed by atoms with Crippen molar-refractivity contribution in [2.75, 3.05) is 46.5 Å². The molecule has 3 rings (SSSR count). The SMILES string of the molecule is COc1ccc(C2(C(=O)NCCN3CCOCC3)CCCC2)cc1. The highest BCUT2D eigenvalue weighted by Gasteiger charge is 2.42. The van der Waals surface area contributed by atoms with Crippen LogP contribution >= 0.6 is 0 Å². The Morgan fingerprint density at radius 1 is 1.21 bits per heavy atom. The standard InChI is InChI=1S/C19H28N2O3/c1-23-17-6-4-16(5-7-17)19(8-2-3-9-19)18(22)20-10-11-21-12-14-24-15-13-21/h4-7H,2-3,8-15H2,1H3,(H,20,22). The van der Waals surface area contributed by atoms with E-state index in [4.69, 9.17) is 9.47 Å². The van der Waals surface area contributed by atoms with Gasteiger partial charge < -0.3 is 14.8 Å². The average Bonchev–Trinajstić information content (AvgIpc) is 3.14. The van der Waals surface area contributed by atoms with Gasteiger partial charge in [0.2, 0.25) is 5.91 Å². The lowest BCUT2D eigenvalue weighted by Gasteiger charge is -2.30. The maximum absolute atomic E-state index is 13.0. The summed E-state index contributed by atoms with van der Waals surface area (Å²) in [6.45, 7) is 5.11. The Bertz CT molecular complexity index is 532.